The number of benzene rings is 1. The number of guanidine groups is 1. The number of nitrogens with one attached hydrogen (secondary N) is 1. The number of nitrogens with zero attached hydrogens (tertiary/aromatic N) is 3. The van der Waals surface area contributed by atoms with Crippen molar-refractivity contribution in [2.75, 3.05) is 14.1 Å². The molecule has 0 fully saturated rings. The fraction of sp³-hybridized carbons (Fsp3) is 0.353. The Kier molecular flexibility index (Phi) is 5.20. The van der Waals surface area contributed by atoms with E-state index in [0.717, 1.165) is 18.1 Å². The van der Waals surface area contributed by atoms with Crippen molar-refractivity contribution in [1.82, 2.24) is 14.8 Å². The summed E-state index contributed by atoms with van der Waals surface area (Å²) in [6.45, 7) is 3.06. The van der Waals surface area contributed by atoms with Crippen LogP contribution in [0.1, 0.15) is 16.8 Å². The molecule has 4 nitrogen and oxygen atoms in total. The largest absolute Gasteiger partial charge is 0.353 e. The van der Waals surface area contributed by atoms with E-state index in [2.05, 4.69) is 20.9 Å². The van der Waals surface area contributed by atoms with Crippen LogP contribution in [0.15, 0.2) is 41.5 Å². The van der Waals surface area contributed by atoms with Crippen LogP contribution in [0.2, 0.25) is 0 Å². The standard InChI is InChI=1S/C17H23FN4/c1-13-7-8-14(10-16(13)18)11-20-17(19-2)22(4)12-15-6-5-9-21(15)3/h5-10H,11-12H2,1-4H3,(H,19,20). The molecule has 118 valence electrons. The van der Waals surface area contributed by atoms with E-state index in [1.54, 1.807) is 26.1 Å². The Morgan fingerprint density at radius 1 is 1.36 bits per heavy atom. The first-order valence-corrected chi connectivity index (χ1v) is 7.28. The van der Waals surface area contributed by atoms with E-state index in [1.165, 1.54) is 5.69 Å². The van der Waals surface area contributed by atoms with Gasteiger partial charge in [0, 0.05) is 39.6 Å². The van der Waals surface area contributed by atoms with E-state index < -0.39 is 0 Å². The van der Waals surface area contributed by atoms with Gasteiger partial charge >= 0.3 is 0 Å². The molecule has 1 aromatic carbocycles. The predicted octanol–water partition coefficient (Wildman–Crippen LogP) is 2.68. The van der Waals surface area contributed by atoms with Gasteiger partial charge in [0.1, 0.15) is 5.82 Å². The molecule has 5 heteroatoms. The minimum absolute atomic E-state index is 0.175. The van der Waals surface area contributed by atoms with Gasteiger partial charge in [0.15, 0.2) is 5.96 Å². The quantitative estimate of drug-likeness (QED) is 0.696. The summed E-state index contributed by atoms with van der Waals surface area (Å²) in [5.74, 6) is 0.605. The van der Waals surface area contributed by atoms with Crippen molar-refractivity contribution in [2.45, 2.75) is 20.0 Å². The number of rotatable bonds is 4. The molecule has 0 aliphatic rings. The number of aromatic nitrogens is 1. The third-order valence-corrected chi connectivity index (χ3v) is 3.71. The van der Waals surface area contributed by atoms with Gasteiger partial charge in [0.25, 0.3) is 0 Å². The number of aliphatic imine (C=N–C) groups is 1. The molecule has 0 aliphatic heterocycles. The highest BCUT2D eigenvalue weighted by molar-refractivity contribution is 5.79. The summed E-state index contributed by atoms with van der Waals surface area (Å²) in [4.78, 5) is 6.32. The van der Waals surface area contributed by atoms with Crippen LogP contribution in [-0.4, -0.2) is 29.5 Å². The maximum Gasteiger partial charge on any atom is 0.194 e. The zero-order chi connectivity index (χ0) is 16.1. The van der Waals surface area contributed by atoms with E-state index in [0.29, 0.717) is 12.1 Å². The van der Waals surface area contributed by atoms with Crippen LogP contribution in [-0.2, 0) is 20.1 Å². The van der Waals surface area contributed by atoms with Crippen molar-refractivity contribution in [2.24, 2.45) is 12.0 Å². The van der Waals surface area contributed by atoms with Gasteiger partial charge in [0.05, 0.1) is 6.54 Å². The van der Waals surface area contributed by atoms with Crippen LogP contribution < -0.4 is 5.32 Å². The number of hydrogen-bond donors (Lipinski definition) is 1. The second-order valence-corrected chi connectivity index (χ2v) is 5.45. The molecular formula is C17H23FN4. The molecule has 0 saturated heterocycles. The average molecular weight is 302 g/mol. The SMILES string of the molecule is CN=C(NCc1ccc(C)c(F)c1)N(C)Cc1cccn1C. The fourth-order valence-electron chi connectivity index (χ4n) is 2.29. The van der Waals surface area contributed by atoms with Gasteiger partial charge in [0.2, 0.25) is 0 Å². The van der Waals surface area contributed by atoms with Gasteiger partial charge in [-0.3, -0.25) is 4.99 Å². The smallest absolute Gasteiger partial charge is 0.194 e. The molecule has 1 N–H and O–H groups in total. The lowest BCUT2D eigenvalue weighted by Gasteiger charge is -2.22. The average Bonchev–Trinajstić information content (AvgIpc) is 2.88. The highest BCUT2D eigenvalue weighted by atomic mass is 19.1. The van der Waals surface area contributed by atoms with Crippen LogP contribution in [0.3, 0.4) is 0 Å². The van der Waals surface area contributed by atoms with Crippen LogP contribution in [0, 0.1) is 12.7 Å². The summed E-state index contributed by atoms with van der Waals surface area (Å²) in [6.07, 6.45) is 2.02. The van der Waals surface area contributed by atoms with Crippen molar-refractivity contribution in [1.29, 1.82) is 0 Å². The predicted molar refractivity (Wildman–Crippen MR) is 88.2 cm³/mol. The van der Waals surface area contributed by atoms with Crippen molar-refractivity contribution >= 4 is 5.96 Å². The van der Waals surface area contributed by atoms with Gasteiger partial charge in [-0.1, -0.05) is 12.1 Å². The molecule has 1 heterocycles. The van der Waals surface area contributed by atoms with E-state index in [9.17, 15) is 4.39 Å². The van der Waals surface area contributed by atoms with Crippen LogP contribution in [0.4, 0.5) is 4.39 Å². The molecule has 0 saturated carbocycles. The van der Waals surface area contributed by atoms with Crippen molar-refractivity contribution < 1.29 is 4.39 Å². The molecule has 0 spiro atoms. The Labute approximate surface area is 131 Å². The van der Waals surface area contributed by atoms with Gasteiger partial charge in [-0.2, -0.15) is 0 Å². The number of aryl methyl sites for hydroxylation is 2. The summed E-state index contributed by atoms with van der Waals surface area (Å²) in [5.41, 5.74) is 2.76. The van der Waals surface area contributed by atoms with Gasteiger partial charge in [-0.15, -0.1) is 0 Å². The molecular weight excluding hydrogens is 279 g/mol. The lowest BCUT2D eigenvalue weighted by atomic mass is 10.1. The van der Waals surface area contributed by atoms with Crippen molar-refractivity contribution in [3.05, 3.63) is 59.2 Å². The third-order valence-electron chi connectivity index (χ3n) is 3.71. The molecule has 0 unspecified atom stereocenters. The van der Waals surface area contributed by atoms with Crippen LogP contribution in [0.25, 0.3) is 0 Å². The Morgan fingerprint density at radius 2 is 2.14 bits per heavy atom. The molecule has 0 radical (unpaired) electrons. The Balaban J connectivity index is 1.97. The molecule has 2 rings (SSSR count). The molecule has 0 bridgehead atoms. The van der Waals surface area contributed by atoms with E-state index in [-0.39, 0.29) is 5.82 Å². The normalized spacial score (nSPS) is 11.6. The summed E-state index contributed by atoms with van der Waals surface area (Å²) < 4.78 is 15.7. The number of hydrogen-bond acceptors (Lipinski definition) is 1. The second-order valence-electron chi connectivity index (χ2n) is 5.45. The maximum absolute atomic E-state index is 13.6. The summed E-state index contributed by atoms with van der Waals surface area (Å²) >= 11 is 0. The lowest BCUT2D eigenvalue weighted by molar-refractivity contribution is 0.461. The first-order valence-electron chi connectivity index (χ1n) is 7.28. The molecule has 2 aromatic rings. The second kappa shape index (κ2) is 7.11. The summed E-state index contributed by atoms with van der Waals surface area (Å²) in [5, 5.41) is 3.26. The summed E-state index contributed by atoms with van der Waals surface area (Å²) in [7, 11) is 5.76. The maximum atomic E-state index is 13.6. The Hall–Kier alpha value is -2.30. The van der Waals surface area contributed by atoms with E-state index in [1.807, 2.05) is 37.3 Å². The van der Waals surface area contributed by atoms with Gasteiger partial charge in [-0.05, 0) is 36.2 Å². The highest BCUT2D eigenvalue weighted by Crippen LogP contribution is 2.09. The first kappa shape index (κ1) is 16.1. The van der Waals surface area contributed by atoms with Crippen molar-refractivity contribution in [3.63, 3.8) is 0 Å². The fourth-order valence-corrected chi connectivity index (χ4v) is 2.29. The highest BCUT2D eigenvalue weighted by Gasteiger charge is 2.08. The van der Waals surface area contributed by atoms with Gasteiger partial charge < -0.3 is 14.8 Å². The minimum atomic E-state index is -0.175. The first-order chi connectivity index (χ1) is 10.5. The Morgan fingerprint density at radius 3 is 2.73 bits per heavy atom. The monoisotopic (exact) mass is 302 g/mol. The van der Waals surface area contributed by atoms with Gasteiger partial charge in [-0.25, -0.2) is 4.39 Å². The molecule has 0 aliphatic carbocycles. The molecule has 0 atom stereocenters. The Bertz CT molecular complexity index is 660. The third kappa shape index (κ3) is 3.87. The number of halogens is 1. The van der Waals surface area contributed by atoms with E-state index >= 15 is 0 Å². The molecule has 1 aromatic heterocycles. The zero-order valence-corrected chi connectivity index (χ0v) is 13.6. The molecule has 22 heavy (non-hydrogen) atoms. The van der Waals surface area contributed by atoms with Crippen molar-refractivity contribution in [3.8, 4) is 0 Å². The topological polar surface area (TPSA) is 32.6 Å². The summed E-state index contributed by atoms with van der Waals surface area (Å²) in [6, 6.07) is 9.39. The lowest BCUT2D eigenvalue weighted by Crippen LogP contribution is -2.38. The van der Waals surface area contributed by atoms with E-state index in [4.69, 9.17) is 0 Å². The van der Waals surface area contributed by atoms with Crippen LogP contribution in [0.5, 0.6) is 0 Å². The zero-order valence-electron chi connectivity index (χ0n) is 13.6. The molecule has 0 amide bonds. The minimum Gasteiger partial charge on any atom is -0.353 e. The van der Waals surface area contributed by atoms with Crippen LogP contribution >= 0.6 is 0 Å².